The number of nitrogens with zero attached hydrogens (tertiary/aromatic N) is 2. The molecule has 0 saturated carbocycles. The number of anilines is 1. The van der Waals surface area contributed by atoms with E-state index in [-0.39, 0.29) is 23.3 Å². The zero-order valence-corrected chi connectivity index (χ0v) is 15.3. The Morgan fingerprint density at radius 3 is 2.29 bits per heavy atom. The van der Waals surface area contributed by atoms with Crippen molar-refractivity contribution in [3.05, 3.63) is 111 Å². The van der Waals surface area contributed by atoms with Gasteiger partial charge in [-0.3, -0.25) is 14.9 Å². The standard InChI is InChI=1S/C23H20N2O3/c26-23(18-7-2-1-3-8-18)19-10-12-20(13-11-19)24-15-14-17-6-4-5-9-21(17)22(24)16-25(27)28/h1-13,22H,14-16H2. The fourth-order valence-corrected chi connectivity index (χ4v) is 3.86. The SMILES string of the molecule is O=C(c1ccccc1)c1ccc(N2CCc3ccccc3C2C[N+](=O)[O-])cc1. The largest absolute Gasteiger partial charge is 0.358 e. The third-order valence-electron chi connectivity index (χ3n) is 5.23. The quantitative estimate of drug-likeness (QED) is 0.381. The number of hydrogen-bond donors (Lipinski definition) is 0. The molecule has 1 atom stereocenters. The molecular weight excluding hydrogens is 352 g/mol. The summed E-state index contributed by atoms with van der Waals surface area (Å²) in [7, 11) is 0. The van der Waals surface area contributed by atoms with Gasteiger partial charge in [0.2, 0.25) is 6.54 Å². The topological polar surface area (TPSA) is 63.5 Å². The summed E-state index contributed by atoms with van der Waals surface area (Å²) >= 11 is 0. The van der Waals surface area contributed by atoms with Crippen LogP contribution in [0, 0.1) is 10.1 Å². The number of carbonyl (C=O) groups is 1. The normalized spacial score (nSPS) is 15.7. The van der Waals surface area contributed by atoms with Crippen molar-refractivity contribution >= 4 is 11.5 Å². The molecule has 0 bridgehead atoms. The van der Waals surface area contributed by atoms with Crippen LogP contribution in [0.4, 0.5) is 5.69 Å². The average molecular weight is 372 g/mol. The maximum absolute atomic E-state index is 12.6. The molecular formula is C23H20N2O3. The minimum atomic E-state index is -0.310. The number of hydrogen-bond acceptors (Lipinski definition) is 4. The van der Waals surface area contributed by atoms with E-state index in [0.717, 1.165) is 17.7 Å². The maximum Gasteiger partial charge on any atom is 0.228 e. The molecule has 28 heavy (non-hydrogen) atoms. The Morgan fingerprint density at radius 2 is 1.57 bits per heavy atom. The van der Waals surface area contributed by atoms with Gasteiger partial charge in [-0.25, -0.2) is 0 Å². The minimum absolute atomic E-state index is 0.0296. The predicted molar refractivity (Wildman–Crippen MR) is 108 cm³/mol. The molecule has 1 aliphatic rings. The maximum atomic E-state index is 12.6. The van der Waals surface area contributed by atoms with Gasteiger partial charge in [-0.05, 0) is 41.8 Å². The van der Waals surface area contributed by atoms with Gasteiger partial charge in [0, 0.05) is 28.3 Å². The van der Waals surface area contributed by atoms with E-state index in [9.17, 15) is 14.9 Å². The highest BCUT2D eigenvalue weighted by Gasteiger charge is 2.31. The van der Waals surface area contributed by atoms with Crippen LogP contribution in [0.2, 0.25) is 0 Å². The van der Waals surface area contributed by atoms with Crippen LogP contribution in [-0.4, -0.2) is 23.8 Å². The monoisotopic (exact) mass is 372 g/mol. The molecule has 5 nitrogen and oxygen atoms in total. The summed E-state index contributed by atoms with van der Waals surface area (Å²) in [6, 6.07) is 24.1. The third-order valence-corrected chi connectivity index (χ3v) is 5.23. The van der Waals surface area contributed by atoms with Gasteiger partial charge in [0.1, 0.15) is 6.04 Å². The molecule has 0 spiro atoms. The number of benzene rings is 3. The average Bonchev–Trinajstić information content (AvgIpc) is 2.74. The predicted octanol–water partition coefficient (Wildman–Crippen LogP) is 4.30. The van der Waals surface area contributed by atoms with Gasteiger partial charge in [-0.15, -0.1) is 0 Å². The van der Waals surface area contributed by atoms with Gasteiger partial charge in [-0.2, -0.15) is 0 Å². The summed E-state index contributed by atoms with van der Waals surface area (Å²) in [5.74, 6) is -0.0296. The summed E-state index contributed by atoms with van der Waals surface area (Å²) in [6.45, 7) is 0.559. The van der Waals surface area contributed by atoms with Gasteiger partial charge in [0.05, 0.1) is 0 Å². The molecule has 0 N–H and O–H groups in total. The molecule has 0 aliphatic carbocycles. The first kappa shape index (κ1) is 17.9. The summed E-state index contributed by atoms with van der Waals surface area (Å²) in [5, 5.41) is 11.3. The smallest absolute Gasteiger partial charge is 0.228 e. The molecule has 1 heterocycles. The van der Waals surface area contributed by atoms with E-state index in [0.29, 0.717) is 17.7 Å². The van der Waals surface area contributed by atoms with Crippen LogP contribution in [0.3, 0.4) is 0 Å². The first-order chi connectivity index (χ1) is 13.6. The zero-order chi connectivity index (χ0) is 19.5. The number of ketones is 1. The summed E-state index contributed by atoms with van der Waals surface area (Å²) in [5.41, 5.74) is 4.33. The van der Waals surface area contributed by atoms with Crippen LogP contribution in [0.5, 0.6) is 0 Å². The van der Waals surface area contributed by atoms with Crippen molar-refractivity contribution in [3.63, 3.8) is 0 Å². The van der Waals surface area contributed by atoms with Crippen LogP contribution in [0.15, 0.2) is 78.9 Å². The molecule has 1 aliphatic heterocycles. The highest BCUT2D eigenvalue weighted by Crippen LogP contribution is 2.34. The molecule has 0 fully saturated rings. The molecule has 0 radical (unpaired) electrons. The molecule has 3 aromatic rings. The fourth-order valence-electron chi connectivity index (χ4n) is 3.86. The van der Waals surface area contributed by atoms with Crippen molar-refractivity contribution < 1.29 is 9.72 Å². The molecule has 4 rings (SSSR count). The Balaban J connectivity index is 1.63. The van der Waals surface area contributed by atoms with Crippen molar-refractivity contribution in [1.29, 1.82) is 0 Å². The van der Waals surface area contributed by atoms with E-state index < -0.39 is 0 Å². The first-order valence-electron chi connectivity index (χ1n) is 9.29. The van der Waals surface area contributed by atoms with Gasteiger partial charge < -0.3 is 4.90 Å². The summed E-state index contributed by atoms with van der Waals surface area (Å²) < 4.78 is 0. The summed E-state index contributed by atoms with van der Waals surface area (Å²) in [4.78, 5) is 25.7. The molecule has 140 valence electrons. The first-order valence-corrected chi connectivity index (χ1v) is 9.29. The van der Waals surface area contributed by atoms with Crippen LogP contribution < -0.4 is 4.90 Å². The molecule has 5 heteroatoms. The lowest BCUT2D eigenvalue weighted by Crippen LogP contribution is -2.39. The Kier molecular flexibility index (Phi) is 4.89. The van der Waals surface area contributed by atoms with Crippen LogP contribution in [-0.2, 0) is 6.42 Å². The lowest BCUT2D eigenvalue weighted by atomic mass is 9.92. The van der Waals surface area contributed by atoms with E-state index in [1.54, 1.807) is 24.3 Å². The summed E-state index contributed by atoms with van der Waals surface area (Å²) in [6.07, 6.45) is 0.842. The lowest BCUT2D eigenvalue weighted by molar-refractivity contribution is -0.483. The Bertz CT molecular complexity index is 1000. The van der Waals surface area contributed by atoms with E-state index >= 15 is 0 Å². The Morgan fingerprint density at radius 1 is 0.929 bits per heavy atom. The molecule has 1 unspecified atom stereocenters. The van der Waals surface area contributed by atoms with Crippen LogP contribution >= 0.6 is 0 Å². The van der Waals surface area contributed by atoms with Crippen molar-refractivity contribution in [2.75, 3.05) is 18.0 Å². The second kappa shape index (κ2) is 7.64. The minimum Gasteiger partial charge on any atom is -0.358 e. The van der Waals surface area contributed by atoms with Crippen molar-refractivity contribution in [1.82, 2.24) is 0 Å². The number of fused-ring (bicyclic) bond motifs is 1. The zero-order valence-electron chi connectivity index (χ0n) is 15.3. The molecule has 0 amide bonds. The van der Waals surface area contributed by atoms with Gasteiger partial charge in [-0.1, -0.05) is 54.6 Å². The van der Waals surface area contributed by atoms with Crippen molar-refractivity contribution in [3.8, 4) is 0 Å². The van der Waals surface area contributed by atoms with Crippen LogP contribution in [0.25, 0.3) is 0 Å². The highest BCUT2D eigenvalue weighted by molar-refractivity contribution is 6.09. The fraction of sp³-hybridized carbons (Fsp3) is 0.174. The van der Waals surface area contributed by atoms with Gasteiger partial charge >= 0.3 is 0 Å². The van der Waals surface area contributed by atoms with Crippen LogP contribution in [0.1, 0.15) is 33.1 Å². The van der Waals surface area contributed by atoms with E-state index in [2.05, 4.69) is 4.90 Å². The van der Waals surface area contributed by atoms with Crippen molar-refractivity contribution in [2.24, 2.45) is 0 Å². The van der Waals surface area contributed by atoms with Gasteiger partial charge in [0.15, 0.2) is 5.78 Å². The number of nitro groups is 1. The highest BCUT2D eigenvalue weighted by atomic mass is 16.6. The second-order valence-electron chi connectivity index (χ2n) is 6.92. The Hall–Kier alpha value is -3.47. The number of carbonyl (C=O) groups excluding carboxylic acids is 1. The van der Waals surface area contributed by atoms with Gasteiger partial charge in [0.25, 0.3) is 0 Å². The Labute approximate surface area is 163 Å². The molecule has 0 aromatic heterocycles. The third kappa shape index (κ3) is 3.51. The van der Waals surface area contributed by atoms with Crippen molar-refractivity contribution in [2.45, 2.75) is 12.5 Å². The van der Waals surface area contributed by atoms with E-state index in [1.165, 1.54) is 5.56 Å². The number of rotatable bonds is 5. The molecule has 0 saturated heterocycles. The second-order valence-corrected chi connectivity index (χ2v) is 6.92. The van der Waals surface area contributed by atoms with E-state index in [4.69, 9.17) is 0 Å². The molecule has 3 aromatic carbocycles. The lowest BCUT2D eigenvalue weighted by Gasteiger charge is -2.37. The van der Waals surface area contributed by atoms with E-state index in [1.807, 2.05) is 54.6 Å².